The first-order chi connectivity index (χ1) is 8.86. The molecule has 1 unspecified atom stereocenters. The van der Waals surface area contributed by atoms with Crippen LogP contribution in [0.2, 0.25) is 0 Å². The van der Waals surface area contributed by atoms with Crippen LogP contribution in [0.25, 0.3) is 0 Å². The van der Waals surface area contributed by atoms with Gasteiger partial charge in [0.2, 0.25) is 0 Å². The highest BCUT2D eigenvalue weighted by Crippen LogP contribution is 2.07. The molecule has 0 fully saturated rings. The molecule has 18 heavy (non-hydrogen) atoms. The van der Waals surface area contributed by atoms with Gasteiger partial charge in [0, 0.05) is 7.11 Å². The van der Waals surface area contributed by atoms with Crippen molar-refractivity contribution in [1.82, 2.24) is 0 Å². The summed E-state index contributed by atoms with van der Waals surface area (Å²) in [7, 11) is 1.61. The summed E-state index contributed by atoms with van der Waals surface area (Å²) in [6, 6.07) is 12.2. The van der Waals surface area contributed by atoms with Crippen LogP contribution in [0.4, 0.5) is 0 Å². The van der Waals surface area contributed by atoms with E-state index >= 15 is 0 Å². The predicted octanol–water partition coefficient (Wildman–Crippen LogP) is 2.15. The molecule has 0 saturated carbocycles. The number of nitrogens with zero attached hydrogens (tertiary/aromatic N) is 1. The molecule has 0 spiro atoms. The van der Waals surface area contributed by atoms with E-state index in [0.717, 1.165) is 6.42 Å². The van der Waals surface area contributed by atoms with Gasteiger partial charge < -0.3 is 14.2 Å². The Morgan fingerprint density at radius 3 is 2.67 bits per heavy atom. The maximum absolute atomic E-state index is 8.95. The minimum absolute atomic E-state index is 0.135. The second kappa shape index (κ2) is 9.60. The quantitative estimate of drug-likeness (QED) is 0.497. The highest BCUT2D eigenvalue weighted by atomic mass is 16.7. The van der Waals surface area contributed by atoms with E-state index in [1.54, 1.807) is 7.11 Å². The molecule has 0 N–H and O–H groups in total. The van der Waals surface area contributed by atoms with Gasteiger partial charge in [-0.3, -0.25) is 0 Å². The molecule has 0 aromatic heterocycles. The van der Waals surface area contributed by atoms with Crippen molar-refractivity contribution in [3.8, 4) is 6.07 Å². The van der Waals surface area contributed by atoms with Gasteiger partial charge in [-0.25, -0.2) is 0 Å². The van der Waals surface area contributed by atoms with E-state index in [1.165, 1.54) is 5.56 Å². The molecule has 4 nitrogen and oxygen atoms in total. The van der Waals surface area contributed by atoms with Crippen molar-refractivity contribution in [2.75, 3.05) is 27.1 Å². The lowest BCUT2D eigenvalue weighted by molar-refractivity contribution is -0.0842. The van der Waals surface area contributed by atoms with E-state index in [-0.39, 0.29) is 6.79 Å². The topological polar surface area (TPSA) is 51.5 Å². The molecule has 0 radical (unpaired) electrons. The number of benzene rings is 1. The smallest absolute Gasteiger partial charge is 0.148 e. The van der Waals surface area contributed by atoms with E-state index in [1.807, 2.05) is 30.3 Å². The second-order valence-corrected chi connectivity index (χ2v) is 3.83. The number of methoxy groups -OCH3 is 1. The maximum atomic E-state index is 8.95. The lowest BCUT2D eigenvalue weighted by atomic mass is 10.1. The van der Waals surface area contributed by atoms with E-state index in [9.17, 15) is 0 Å². The molecule has 0 amide bonds. The molecular weight excluding hydrogens is 230 g/mol. The van der Waals surface area contributed by atoms with Gasteiger partial charge in [-0.1, -0.05) is 30.3 Å². The normalized spacial score (nSPS) is 12.0. The average molecular weight is 249 g/mol. The van der Waals surface area contributed by atoms with Gasteiger partial charge in [-0.05, 0) is 18.4 Å². The first-order valence-electron chi connectivity index (χ1n) is 5.98. The molecule has 4 heteroatoms. The van der Waals surface area contributed by atoms with E-state index in [4.69, 9.17) is 19.5 Å². The summed E-state index contributed by atoms with van der Waals surface area (Å²) in [5.41, 5.74) is 1.21. The third-order valence-corrected chi connectivity index (χ3v) is 2.47. The lowest BCUT2D eigenvalue weighted by Gasteiger charge is -2.11. The van der Waals surface area contributed by atoms with Crippen LogP contribution in [-0.2, 0) is 20.6 Å². The summed E-state index contributed by atoms with van der Waals surface area (Å²) in [5.74, 6) is 0. The van der Waals surface area contributed by atoms with Gasteiger partial charge in [-0.15, -0.1) is 0 Å². The van der Waals surface area contributed by atoms with Crippen molar-refractivity contribution in [3.05, 3.63) is 35.9 Å². The Bertz CT molecular complexity index is 348. The van der Waals surface area contributed by atoms with Crippen LogP contribution in [0.3, 0.4) is 0 Å². The number of hydrogen-bond acceptors (Lipinski definition) is 4. The number of hydrogen-bond donors (Lipinski definition) is 0. The second-order valence-electron chi connectivity index (χ2n) is 3.83. The van der Waals surface area contributed by atoms with Crippen molar-refractivity contribution in [3.63, 3.8) is 0 Å². The van der Waals surface area contributed by atoms with Crippen LogP contribution in [0.1, 0.15) is 12.0 Å². The van der Waals surface area contributed by atoms with Gasteiger partial charge >= 0.3 is 0 Å². The molecule has 0 aliphatic carbocycles. The summed E-state index contributed by atoms with van der Waals surface area (Å²) in [6.45, 7) is 1.15. The van der Waals surface area contributed by atoms with Gasteiger partial charge in [0.1, 0.15) is 12.9 Å². The Kier molecular flexibility index (Phi) is 7.82. The largest absolute Gasteiger partial charge is 0.382 e. The fourth-order valence-corrected chi connectivity index (χ4v) is 1.46. The molecule has 1 atom stereocenters. The maximum Gasteiger partial charge on any atom is 0.148 e. The van der Waals surface area contributed by atoms with Crippen LogP contribution in [0, 0.1) is 11.3 Å². The zero-order valence-electron chi connectivity index (χ0n) is 10.7. The first kappa shape index (κ1) is 14.7. The Morgan fingerprint density at radius 2 is 2.00 bits per heavy atom. The summed E-state index contributed by atoms with van der Waals surface area (Å²) in [5, 5.41) is 8.95. The van der Waals surface area contributed by atoms with Crippen LogP contribution in [0.15, 0.2) is 30.3 Å². The van der Waals surface area contributed by atoms with Crippen molar-refractivity contribution in [1.29, 1.82) is 5.26 Å². The van der Waals surface area contributed by atoms with Gasteiger partial charge in [0.15, 0.2) is 0 Å². The molecular formula is C14H19NO3. The van der Waals surface area contributed by atoms with Crippen molar-refractivity contribution in [2.45, 2.75) is 18.9 Å². The molecule has 98 valence electrons. The molecule has 1 rings (SSSR count). The van der Waals surface area contributed by atoms with Gasteiger partial charge in [0.05, 0.1) is 19.3 Å². The van der Waals surface area contributed by atoms with Crippen molar-refractivity contribution in [2.24, 2.45) is 0 Å². The molecule has 0 aliphatic rings. The molecule has 0 aliphatic heterocycles. The summed E-state index contributed by atoms with van der Waals surface area (Å²) in [6.07, 6.45) is 1.08. The van der Waals surface area contributed by atoms with Crippen LogP contribution < -0.4 is 0 Å². The Balaban J connectivity index is 2.16. The molecule has 0 heterocycles. The highest BCUT2D eigenvalue weighted by Gasteiger charge is 2.07. The number of nitriles is 1. The van der Waals surface area contributed by atoms with Gasteiger partial charge in [-0.2, -0.15) is 5.26 Å². The molecule has 1 aromatic carbocycles. The minimum atomic E-state index is -0.423. The van der Waals surface area contributed by atoms with E-state index in [2.05, 4.69) is 6.07 Å². The van der Waals surface area contributed by atoms with Crippen molar-refractivity contribution < 1.29 is 14.2 Å². The lowest BCUT2D eigenvalue weighted by Crippen LogP contribution is -2.15. The number of rotatable bonds is 9. The van der Waals surface area contributed by atoms with E-state index in [0.29, 0.717) is 19.6 Å². The monoisotopic (exact) mass is 249 g/mol. The average Bonchev–Trinajstić information content (AvgIpc) is 2.43. The Labute approximate surface area is 108 Å². The highest BCUT2D eigenvalue weighted by molar-refractivity contribution is 5.15. The van der Waals surface area contributed by atoms with Crippen LogP contribution in [0.5, 0.6) is 0 Å². The molecule has 0 saturated heterocycles. The fourth-order valence-electron chi connectivity index (χ4n) is 1.46. The van der Waals surface area contributed by atoms with Crippen LogP contribution >= 0.6 is 0 Å². The Hall–Kier alpha value is -1.41. The van der Waals surface area contributed by atoms with Crippen molar-refractivity contribution >= 4 is 0 Å². The number of ether oxygens (including phenoxy) is 3. The summed E-state index contributed by atoms with van der Waals surface area (Å²) < 4.78 is 15.3. The minimum Gasteiger partial charge on any atom is -0.382 e. The van der Waals surface area contributed by atoms with Crippen LogP contribution in [-0.4, -0.2) is 33.2 Å². The molecule has 1 aromatic rings. The summed E-state index contributed by atoms with van der Waals surface area (Å²) in [4.78, 5) is 0. The SMILES string of the molecule is COCCOCOC(C#N)CCc1ccccc1. The molecule has 0 bridgehead atoms. The van der Waals surface area contributed by atoms with Gasteiger partial charge in [0.25, 0.3) is 0 Å². The zero-order valence-corrected chi connectivity index (χ0v) is 10.7. The predicted molar refractivity (Wildman–Crippen MR) is 67.9 cm³/mol. The zero-order chi connectivity index (χ0) is 13.1. The Morgan fingerprint density at radius 1 is 1.22 bits per heavy atom. The summed E-state index contributed by atoms with van der Waals surface area (Å²) >= 11 is 0. The van der Waals surface area contributed by atoms with E-state index < -0.39 is 6.10 Å². The third-order valence-electron chi connectivity index (χ3n) is 2.47. The fraction of sp³-hybridized carbons (Fsp3) is 0.500. The first-order valence-corrected chi connectivity index (χ1v) is 5.98. The number of aryl methyl sites for hydroxylation is 1. The third kappa shape index (κ3) is 6.36. The standard InChI is InChI=1S/C14H19NO3/c1-16-9-10-17-12-18-14(11-15)8-7-13-5-3-2-4-6-13/h2-6,14H,7-10,12H2,1H3.